The van der Waals surface area contributed by atoms with Crippen molar-refractivity contribution in [3.8, 4) is 11.3 Å². The summed E-state index contributed by atoms with van der Waals surface area (Å²) in [7, 11) is 0. The fraction of sp³-hybridized carbons (Fsp3) is 0.250. The van der Waals surface area contributed by atoms with Crippen molar-refractivity contribution in [3.63, 3.8) is 0 Å². The Labute approximate surface area is 138 Å². The molecular weight excluding hydrogens is 325 g/mol. The van der Waals surface area contributed by atoms with Crippen LogP contribution in [0.25, 0.3) is 11.3 Å². The Hall–Kier alpha value is -1.62. The fourth-order valence-corrected chi connectivity index (χ4v) is 2.24. The first-order valence-corrected chi connectivity index (χ1v) is 7.45. The maximum atomic E-state index is 12.0. The van der Waals surface area contributed by atoms with E-state index in [1.54, 1.807) is 38.1 Å². The average Bonchev–Trinajstić information content (AvgIpc) is 2.49. The molecule has 0 saturated carbocycles. The van der Waals surface area contributed by atoms with Crippen LogP contribution in [0.5, 0.6) is 0 Å². The van der Waals surface area contributed by atoms with Gasteiger partial charge in [-0.15, -0.1) is 0 Å². The lowest BCUT2D eigenvalue weighted by Gasteiger charge is -2.11. The van der Waals surface area contributed by atoms with Crippen LogP contribution in [0.3, 0.4) is 0 Å². The smallest absolute Gasteiger partial charge is 0.357 e. The quantitative estimate of drug-likeness (QED) is 0.851. The molecule has 1 heterocycles. The van der Waals surface area contributed by atoms with E-state index >= 15 is 0 Å². The first kappa shape index (κ1) is 16.7. The van der Waals surface area contributed by atoms with E-state index in [1.165, 1.54) is 6.07 Å². The van der Waals surface area contributed by atoms with Crippen molar-refractivity contribution in [3.05, 3.63) is 51.6 Å². The van der Waals surface area contributed by atoms with Gasteiger partial charge in [-0.3, -0.25) is 0 Å². The number of carbonyl (C=O) groups is 1. The first-order valence-electron chi connectivity index (χ1n) is 6.69. The van der Waals surface area contributed by atoms with E-state index in [1.807, 2.05) is 0 Å². The predicted molar refractivity (Wildman–Crippen MR) is 86.2 cm³/mol. The summed E-state index contributed by atoms with van der Waals surface area (Å²) < 4.78 is 5.12. The summed E-state index contributed by atoms with van der Waals surface area (Å²) in [6.45, 7) is 3.46. The summed E-state index contributed by atoms with van der Waals surface area (Å²) >= 11 is 12.3. The van der Waals surface area contributed by atoms with Gasteiger partial charge in [-0.05, 0) is 25.5 Å². The molecule has 2 aromatic rings. The molecule has 0 unspecified atom stereocenters. The lowest BCUT2D eigenvalue weighted by Crippen LogP contribution is -2.13. The van der Waals surface area contributed by atoms with E-state index in [9.17, 15) is 4.79 Å². The second kappa shape index (κ2) is 7.09. The number of hydrogen-bond acceptors (Lipinski definition) is 4. The monoisotopic (exact) mass is 339 g/mol. The average molecular weight is 340 g/mol. The molecule has 22 heavy (non-hydrogen) atoms. The molecule has 1 aromatic heterocycles. The van der Waals surface area contributed by atoms with E-state index in [2.05, 4.69) is 4.98 Å². The standard InChI is InChI=1S/C16H15Cl2NO3/c1-9(2)22-16(21)13-7-12(17)14(18)15(19-13)11-5-3-10(8-20)4-6-11/h3-7,9,20H,8H2,1-2H3. The number of aliphatic hydroxyl groups excluding tert-OH is 1. The lowest BCUT2D eigenvalue weighted by atomic mass is 10.1. The zero-order chi connectivity index (χ0) is 16.3. The van der Waals surface area contributed by atoms with Crippen molar-refractivity contribution in [1.82, 2.24) is 4.98 Å². The summed E-state index contributed by atoms with van der Waals surface area (Å²) in [5.41, 5.74) is 1.96. The molecule has 0 bridgehead atoms. The largest absolute Gasteiger partial charge is 0.458 e. The Kier molecular flexibility index (Phi) is 5.40. The molecule has 0 atom stereocenters. The molecule has 0 saturated heterocycles. The van der Waals surface area contributed by atoms with Crippen LogP contribution in [0, 0.1) is 0 Å². The number of nitrogens with zero attached hydrogens (tertiary/aromatic N) is 1. The van der Waals surface area contributed by atoms with Gasteiger partial charge in [0.1, 0.15) is 0 Å². The van der Waals surface area contributed by atoms with Gasteiger partial charge in [0.15, 0.2) is 5.69 Å². The normalized spacial score (nSPS) is 10.8. The van der Waals surface area contributed by atoms with E-state index in [-0.39, 0.29) is 28.5 Å². The van der Waals surface area contributed by atoms with E-state index in [0.717, 1.165) is 5.56 Å². The van der Waals surface area contributed by atoms with Crippen LogP contribution < -0.4 is 0 Å². The third-order valence-corrected chi connectivity index (χ3v) is 3.65. The number of pyridine rings is 1. The molecule has 6 heteroatoms. The maximum Gasteiger partial charge on any atom is 0.357 e. The molecule has 116 valence electrons. The summed E-state index contributed by atoms with van der Waals surface area (Å²) in [5.74, 6) is -0.554. The van der Waals surface area contributed by atoms with Crippen molar-refractivity contribution in [2.24, 2.45) is 0 Å². The summed E-state index contributed by atoms with van der Waals surface area (Å²) in [5, 5.41) is 9.57. The third-order valence-electron chi connectivity index (χ3n) is 2.88. The van der Waals surface area contributed by atoms with Gasteiger partial charge >= 0.3 is 5.97 Å². The minimum atomic E-state index is -0.554. The summed E-state index contributed by atoms with van der Waals surface area (Å²) in [6.07, 6.45) is -0.254. The molecule has 0 amide bonds. The van der Waals surface area contributed by atoms with Crippen LogP contribution in [-0.4, -0.2) is 22.2 Å². The third kappa shape index (κ3) is 3.77. The predicted octanol–water partition coefficient (Wildman–Crippen LogP) is 4.11. The number of hydrogen-bond donors (Lipinski definition) is 1. The molecule has 4 nitrogen and oxygen atoms in total. The highest BCUT2D eigenvalue weighted by atomic mass is 35.5. The van der Waals surface area contributed by atoms with Crippen molar-refractivity contribution in [2.75, 3.05) is 0 Å². The minimum Gasteiger partial charge on any atom is -0.458 e. The Morgan fingerprint density at radius 1 is 1.27 bits per heavy atom. The molecule has 0 radical (unpaired) electrons. The summed E-state index contributed by atoms with van der Waals surface area (Å²) in [6, 6.07) is 8.40. The molecule has 0 aliphatic carbocycles. The molecule has 0 fully saturated rings. The highest BCUT2D eigenvalue weighted by Crippen LogP contribution is 2.33. The molecule has 1 aromatic carbocycles. The highest BCUT2D eigenvalue weighted by Gasteiger charge is 2.17. The van der Waals surface area contributed by atoms with E-state index in [4.69, 9.17) is 33.0 Å². The Bertz CT molecular complexity index is 685. The molecule has 0 aliphatic heterocycles. The molecule has 1 N–H and O–H groups in total. The van der Waals surface area contributed by atoms with Gasteiger partial charge < -0.3 is 9.84 Å². The van der Waals surface area contributed by atoms with Crippen molar-refractivity contribution in [2.45, 2.75) is 26.6 Å². The number of aromatic nitrogens is 1. The topological polar surface area (TPSA) is 59.4 Å². The van der Waals surface area contributed by atoms with E-state index in [0.29, 0.717) is 11.3 Å². The van der Waals surface area contributed by atoms with Crippen molar-refractivity contribution in [1.29, 1.82) is 0 Å². The van der Waals surface area contributed by atoms with Crippen molar-refractivity contribution >= 4 is 29.2 Å². The number of aliphatic hydroxyl groups is 1. The Morgan fingerprint density at radius 2 is 1.91 bits per heavy atom. The number of benzene rings is 1. The highest BCUT2D eigenvalue weighted by molar-refractivity contribution is 6.43. The lowest BCUT2D eigenvalue weighted by molar-refractivity contribution is 0.0371. The van der Waals surface area contributed by atoms with Gasteiger partial charge in [0.2, 0.25) is 0 Å². The fourth-order valence-electron chi connectivity index (χ4n) is 1.84. The van der Waals surface area contributed by atoms with Crippen LogP contribution in [0.2, 0.25) is 10.0 Å². The zero-order valence-corrected chi connectivity index (χ0v) is 13.6. The maximum absolute atomic E-state index is 12.0. The van der Waals surface area contributed by atoms with Crippen LogP contribution >= 0.6 is 23.2 Å². The number of halogens is 2. The van der Waals surface area contributed by atoms with Gasteiger partial charge in [0.25, 0.3) is 0 Å². The molecular formula is C16H15Cl2NO3. The first-order chi connectivity index (χ1) is 10.4. The molecule has 0 aliphatic rings. The van der Waals surface area contributed by atoms with Crippen LogP contribution in [0.4, 0.5) is 0 Å². The van der Waals surface area contributed by atoms with E-state index < -0.39 is 5.97 Å². The molecule has 0 spiro atoms. The SMILES string of the molecule is CC(C)OC(=O)c1cc(Cl)c(Cl)c(-c2ccc(CO)cc2)n1. The second-order valence-corrected chi connectivity index (χ2v) is 5.75. The summed E-state index contributed by atoms with van der Waals surface area (Å²) in [4.78, 5) is 16.2. The second-order valence-electron chi connectivity index (χ2n) is 4.96. The zero-order valence-electron chi connectivity index (χ0n) is 12.1. The van der Waals surface area contributed by atoms with Gasteiger partial charge in [0.05, 0.1) is 28.5 Å². The number of carbonyl (C=O) groups excluding carboxylic acids is 1. The number of rotatable bonds is 4. The number of ether oxygens (including phenoxy) is 1. The van der Waals surface area contributed by atoms with Crippen LogP contribution in [0.15, 0.2) is 30.3 Å². The van der Waals surface area contributed by atoms with Crippen LogP contribution in [-0.2, 0) is 11.3 Å². The molecule has 2 rings (SSSR count). The Morgan fingerprint density at radius 3 is 2.45 bits per heavy atom. The Balaban J connectivity index is 2.45. The number of esters is 1. The van der Waals surface area contributed by atoms with Crippen LogP contribution in [0.1, 0.15) is 29.9 Å². The van der Waals surface area contributed by atoms with Gasteiger partial charge in [-0.25, -0.2) is 9.78 Å². The van der Waals surface area contributed by atoms with Crippen molar-refractivity contribution < 1.29 is 14.6 Å². The van der Waals surface area contributed by atoms with Gasteiger partial charge in [-0.1, -0.05) is 47.5 Å². The van der Waals surface area contributed by atoms with Gasteiger partial charge in [-0.2, -0.15) is 0 Å². The van der Waals surface area contributed by atoms with Gasteiger partial charge in [0, 0.05) is 5.56 Å². The minimum absolute atomic E-state index is 0.0526.